The molecule has 36 heavy (non-hydrogen) atoms. The number of hydrogen-bond acceptors (Lipinski definition) is 7. The Morgan fingerprint density at radius 2 is 1.72 bits per heavy atom. The summed E-state index contributed by atoms with van der Waals surface area (Å²) in [6, 6.07) is 13.3. The number of alkyl halides is 3. The van der Waals surface area contributed by atoms with Crippen LogP contribution in [0.3, 0.4) is 0 Å². The van der Waals surface area contributed by atoms with Crippen molar-refractivity contribution in [3.05, 3.63) is 82.4 Å². The van der Waals surface area contributed by atoms with Crippen LogP contribution in [0.4, 0.5) is 13.2 Å². The van der Waals surface area contributed by atoms with Gasteiger partial charge in [0.05, 0.1) is 31.6 Å². The van der Waals surface area contributed by atoms with Crippen molar-refractivity contribution in [2.45, 2.75) is 12.8 Å². The average molecular weight is 499 g/mol. The van der Waals surface area contributed by atoms with Crippen molar-refractivity contribution in [2.24, 2.45) is 5.10 Å². The number of phenols is 1. The summed E-state index contributed by atoms with van der Waals surface area (Å²) in [5.41, 5.74) is 2.63. The SMILES string of the molecule is COc1cc(/C=N/NC(=O)c2ccc(O)c(C#N)c2)cc(OC)c1OCc1ccc(C(F)(F)F)cc1. The van der Waals surface area contributed by atoms with E-state index in [1.807, 2.05) is 0 Å². The lowest BCUT2D eigenvalue weighted by molar-refractivity contribution is -0.137. The molecule has 0 unspecified atom stereocenters. The molecule has 0 saturated heterocycles. The number of hydrogen-bond donors (Lipinski definition) is 2. The minimum atomic E-state index is -4.42. The van der Waals surface area contributed by atoms with E-state index in [1.54, 1.807) is 18.2 Å². The lowest BCUT2D eigenvalue weighted by atomic mass is 10.1. The highest BCUT2D eigenvalue weighted by Crippen LogP contribution is 2.39. The molecule has 3 aromatic rings. The van der Waals surface area contributed by atoms with Crippen molar-refractivity contribution >= 4 is 12.1 Å². The molecule has 186 valence electrons. The van der Waals surface area contributed by atoms with E-state index in [1.165, 1.54) is 50.8 Å². The Bertz CT molecular complexity index is 1290. The predicted molar refractivity (Wildman–Crippen MR) is 123 cm³/mol. The molecule has 1 amide bonds. The maximum absolute atomic E-state index is 12.8. The lowest BCUT2D eigenvalue weighted by Crippen LogP contribution is -2.17. The van der Waals surface area contributed by atoms with Gasteiger partial charge in [0.25, 0.3) is 5.91 Å². The van der Waals surface area contributed by atoms with Crippen LogP contribution in [0.25, 0.3) is 0 Å². The zero-order valence-corrected chi connectivity index (χ0v) is 19.1. The van der Waals surface area contributed by atoms with Gasteiger partial charge in [-0.3, -0.25) is 4.79 Å². The molecule has 0 bridgehead atoms. The van der Waals surface area contributed by atoms with Crippen LogP contribution < -0.4 is 19.6 Å². The number of halogens is 3. The second-order valence-corrected chi connectivity index (χ2v) is 7.28. The van der Waals surface area contributed by atoms with E-state index in [0.29, 0.717) is 11.1 Å². The fraction of sp³-hybridized carbons (Fsp3) is 0.160. The standard InChI is InChI=1S/C25H20F3N3O5/c1-34-21-9-16(13-30-31-24(33)17-5-8-20(32)18(11-17)12-29)10-22(35-2)23(21)36-14-15-3-6-19(7-4-15)25(26,27)28/h3-11,13,32H,14H2,1-2H3,(H,31,33)/b30-13+. The molecule has 0 aliphatic rings. The molecule has 3 aromatic carbocycles. The Kier molecular flexibility index (Phi) is 8.01. The van der Waals surface area contributed by atoms with Crippen molar-refractivity contribution in [1.29, 1.82) is 5.26 Å². The first-order chi connectivity index (χ1) is 17.2. The van der Waals surface area contributed by atoms with Crippen LogP contribution in [0.5, 0.6) is 23.0 Å². The molecule has 0 aromatic heterocycles. The van der Waals surface area contributed by atoms with Crippen LogP contribution >= 0.6 is 0 Å². The van der Waals surface area contributed by atoms with Crippen molar-refractivity contribution < 1.29 is 37.3 Å². The van der Waals surface area contributed by atoms with E-state index >= 15 is 0 Å². The van der Waals surface area contributed by atoms with Crippen LogP contribution in [0, 0.1) is 11.3 Å². The number of amides is 1. The Hall–Kier alpha value is -4.72. The van der Waals surface area contributed by atoms with Crippen LogP contribution in [-0.2, 0) is 12.8 Å². The Morgan fingerprint density at radius 1 is 1.08 bits per heavy atom. The number of aromatic hydroxyl groups is 1. The first-order valence-electron chi connectivity index (χ1n) is 10.3. The summed E-state index contributed by atoms with van der Waals surface area (Å²) in [7, 11) is 2.81. The van der Waals surface area contributed by atoms with Crippen molar-refractivity contribution in [3.8, 4) is 29.1 Å². The molecular formula is C25H20F3N3O5. The minimum Gasteiger partial charge on any atom is -0.507 e. The van der Waals surface area contributed by atoms with E-state index in [4.69, 9.17) is 19.5 Å². The smallest absolute Gasteiger partial charge is 0.416 e. The monoisotopic (exact) mass is 499 g/mol. The molecule has 0 spiro atoms. The van der Waals surface area contributed by atoms with E-state index in [2.05, 4.69) is 10.5 Å². The fourth-order valence-corrected chi connectivity index (χ4v) is 3.06. The highest BCUT2D eigenvalue weighted by Gasteiger charge is 2.30. The van der Waals surface area contributed by atoms with Gasteiger partial charge in [0.15, 0.2) is 11.5 Å². The molecule has 0 aliphatic heterocycles. The maximum atomic E-state index is 12.8. The van der Waals surface area contributed by atoms with Gasteiger partial charge >= 0.3 is 6.18 Å². The van der Waals surface area contributed by atoms with E-state index < -0.39 is 17.6 Å². The Labute approximate surface area is 204 Å². The number of hydrazone groups is 1. The largest absolute Gasteiger partial charge is 0.507 e. The topological polar surface area (TPSA) is 113 Å². The summed E-state index contributed by atoms with van der Waals surface area (Å²) in [4.78, 5) is 12.3. The summed E-state index contributed by atoms with van der Waals surface area (Å²) in [5.74, 6) is -0.0674. The number of phenolic OH excluding ortho intramolecular Hbond substituents is 1. The van der Waals surface area contributed by atoms with E-state index in [0.717, 1.165) is 12.1 Å². The van der Waals surface area contributed by atoms with Crippen molar-refractivity contribution in [1.82, 2.24) is 5.43 Å². The van der Waals surface area contributed by atoms with Gasteiger partial charge in [-0.15, -0.1) is 0 Å². The summed E-state index contributed by atoms with van der Waals surface area (Å²) < 4.78 is 54.7. The summed E-state index contributed by atoms with van der Waals surface area (Å²) in [6.07, 6.45) is -3.10. The van der Waals surface area contributed by atoms with Crippen LogP contribution in [0.15, 0.2) is 59.7 Å². The number of carbonyl (C=O) groups excluding carboxylic acids is 1. The molecular weight excluding hydrogens is 479 g/mol. The molecule has 0 fully saturated rings. The number of methoxy groups -OCH3 is 2. The molecule has 0 saturated carbocycles. The third kappa shape index (κ3) is 6.24. The number of nitriles is 1. The third-order valence-corrected chi connectivity index (χ3v) is 4.91. The Balaban J connectivity index is 1.73. The van der Waals surface area contributed by atoms with Gasteiger partial charge in [-0.05, 0) is 48.0 Å². The number of nitrogens with zero attached hydrogens (tertiary/aromatic N) is 2. The average Bonchev–Trinajstić information content (AvgIpc) is 2.87. The number of benzene rings is 3. The number of carbonyl (C=O) groups is 1. The van der Waals surface area contributed by atoms with Crippen molar-refractivity contribution in [2.75, 3.05) is 14.2 Å². The second kappa shape index (κ2) is 11.1. The van der Waals surface area contributed by atoms with E-state index in [9.17, 15) is 23.1 Å². The molecule has 0 radical (unpaired) electrons. The zero-order valence-electron chi connectivity index (χ0n) is 19.1. The summed E-state index contributed by atoms with van der Waals surface area (Å²) in [6.45, 7) is -0.0360. The van der Waals surface area contributed by atoms with Crippen LogP contribution in [-0.4, -0.2) is 31.4 Å². The normalized spacial score (nSPS) is 11.1. The minimum absolute atomic E-state index is 0.0360. The van der Waals surface area contributed by atoms with Gasteiger partial charge in [-0.1, -0.05) is 12.1 Å². The third-order valence-electron chi connectivity index (χ3n) is 4.91. The summed E-state index contributed by atoms with van der Waals surface area (Å²) >= 11 is 0. The first-order valence-corrected chi connectivity index (χ1v) is 10.3. The lowest BCUT2D eigenvalue weighted by Gasteiger charge is -2.15. The number of rotatable bonds is 8. The highest BCUT2D eigenvalue weighted by atomic mass is 19.4. The molecule has 3 rings (SSSR count). The molecule has 0 aliphatic carbocycles. The second-order valence-electron chi connectivity index (χ2n) is 7.28. The molecule has 8 nitrogen and oxygen atoms in total. The maximum Gasteiger partial charge on any atom is 0.416 e. The van der Waals surface area contributed by atoms with Gasteiger partial charge in [0.1, 0.15) is 18.4 Å². The number of ether oxygens (including phenoxy) is 3. The highest BCUT2D eigenvalue weighted by molar-refractivity contribution is 5.95. The van der Waals surface area contributed by atoms with Crippen molar-refractivity contribution in [3.63, 3.8) is 0 Å². The Morgan fingerprint density at radius 3 is 2.28 bits per heavy atom. The number of nitrogens with one attached hydrogen (secondary N) is 1. The van der Waals surface area contributed by atoms with E-state index in [-0.39, 0.29) is 40.7 Å². The molecule has 0 atom stereocenters. The summed E-state index contributed by atoms with van der Waals surface area (Å²) in [5, 5.41) is 22.4. The van der Waals surface area contributed by atoms with Crippen LogP contribution in [0.2, 0.25) is 0 Å². The molecule has 11 heteroatoms. The zero-order chi connectivity index (χ0) is 26.3. The quantitative estimate of drug-likeness (QED) is 0.345. The van der Waals surface area contributed by atoms with Gasteiger partial charge in [0.2, 0.25) is 5.75 Å². The fourth-order valence-electron chi connectivity index (χ4n) is 3.06. The van der Waals surface area contributed by atoms with Gasteiger partial charge in [-0.25, -0.2) is 5.43 Å². The van der Waals surface area contributed by atoms with Gasteiger partial charge < -0.3 is 19.3 Å². The predicted octanol–water partition coefficient (Wildman–Crippen LogP) is 4.64. The first kappa shape index (κ1) is 25.9. The van der Waals surface area contributed by atoms with Gasteiger partial charge in [-0.2, -0.15) is 23.5 Å². The molecule has 2 N–H and O–H groups in total. The van der Waals surface area contributed by atoms with Crippen LogP contribution in [0.1, 0.15) is 32.6 Å². The molecule has 0 heterocycles. The van der Waals surface area contributed by atoms with Gasteiger partial charge in [0, 0.05) is 11.1 Å².